The molecule has 88 valence electrons. The Bertz CT molecular complexity index is 567. The second-order valence-electron chi connectivity index (χ2n) is 3.61. The molecule has 0 unspecified atom stereocenters. The normalized spacial score (nSPS) is 10.5. The maximum Gasteiger partial charge on any atom is 0.170 e. The van der Waals surface area contributed by atoms with Gasteiger partial charge in [0.05, 0.1) is 6.42 Å². The number of halogens is 2. The van der Waals surface area contributed by atoms with Crippen LogP contribution in [0.4, 0.5) is 4.39 Å². The zero-order chi connectivity index (χ0) is 12.4. The van der Waals surface area contributed by atoms with E-state index >= 15 is 0 Å². The van der Waals surface area contributed by atoms with Crippen molar-refractivity contribution in [3.8, 4) is 0 Å². The largest absolute Gasteiger partial charge is 0.294 e. The Kier molecular flexibility index (Phi) is 3.88. The summed E-state index contributed by atoms with van der Waals surface area (Å²) in [5.41, 5.74) is 1.48. The Hall–Kier alpha value is -0.820. The van der Waals surface area contributed by atoms with E-state index in [0.717, 1.165) is 10.7 Å². The SMILES string of the molecule is Cc1csc(CC(=O)c2ccc(F)cc2I)n1. The molecule has 0 saturated heterocycles. The maximum absolute atomic E-state index is 12.9. The minimum atomic E-state index is -0.323. The first kappa shape index (κ1) is 12.6. The lowest BCUT2D eigenvalue weighted by atomic mass is 10.1. The number of aromatic nitrogens is 1. The van der Waals surface area contributed by atoms with Gasteiger partial charge in [0.15, 0.2) is 5.78 Å². The Morgan fingerprint density at radius 2 is 2.29 bits per heavy atom. The third-order valence-electron chi connectivity index (χ3n) is 2.21. The number of nitrogens with zero attached hydrogens (tertiary/aromatic N) is 1. The van der Waals surface area contributed by atoms with Crippen LogP contribution in [0.5, 0.6) is 0 Å². The van der Waals surface area contributed by atoms with Crippen molar-refractivity contribution in [2.45, 2.75) is 13.3 Å². The van der Waals surface area contributed by atoms with Crippen molar-refractivity contribution < 1.29 is 9.18 Å². The molecule has 0 aliphatic heterocycles. The predicted molar refractivity (Wildman–Crippen MR) is 74.0 cm³/mol. The number of thiazole rings is 1. The summed E-state index contributed by atoms with van der Waals surface area (Å²) in [6, 6.07) is 4.20. The molecule has 0 radical (unpaired) electrons. The molecule has 0 N–H and O–H groups in total. The van der Waals surface area contributed by atoms with E-state index in [-0.39, 0.29) is 18.0 Å². The summed E-state index contributed by atoms with van der Waals surface area (Å²) in [5, 5.41) is 2.71. The van der Waals surface area contributed by atoms with Crippen LogP contribution in [-0.4, -0.2) is 10.8 Å². The maximum atomic E-state index is 12.9. The van der Waals surface area contributed by atoms with E-state index in [1.54, 1.807) is 0 Å². The number of carbonyl (C=O) groups excluding carboxylic acids is 1. The van der Waals surface area contributed by atoms with Crippen LogP contribution in [0.2, 0.25) is 0 Å². The fourth-order valence-electron chi connectivity index (χ4n) is 1.43. The number of hydrogen-bond acceptors (Lipinski definition) is 3. The van der Waals surface area contributed by atoms with Crippen LogP contribution in [-0.2, 0) is 6.42 Å². The summed E-state index contributed by atoms with van der Waals surface area (Å²) < 4.78 is 13.6. The van der Waals surface area contributed by atoms with Crippen LogP contribution in [0.3, 0.4) is 0 Å². The highest BCUT2D eigenvalue weighted by molar-refractivity contribution is 14.1. The molecule has 1 aromatic heterocycles. The highest BCUT2D eigenvalue weighted by Crippen LogP contribution is 2.18. The molecular weight excluding hydrogens is 352 g/mol. The molecule has 0 spiro atoms. The lowest BCUT2D eigenvalue weighted by Gasteiger charge is -2.02. The number of aryl methyl sites for hydroxylation is 1. The fourth-order valence-corrected chi connectivity index (χ4v) is 2.98. The van der Waals surface area contributed by atoms with E-state index in [9.17, 15) is 9.18 Å². The Balaban J connectivity index is 2.20. The molecule has 0 aliphatic rings. The van der Waals surface area contributed by atoms with Crippen molar-refractivity contribution in [1.82, 2.24) is 4.98 Å². The van der Waals surface area contributed by atoms with Crippen molar-refractivity contribution in [2.75, 3.05) is 0 Å². The molecule has 17 heavy (non-hydrogen) atoms. The highest BCUT2D eigenvalue weighted by atomic mass is 127. The minimum Gasteiger partial charge on any atom is -0.294 e. The fraction of sp³-hybridized carbons (Fsp3) is 0.167. The molecule has 0 atom stereocenters. The number of hydrogen-bond donors (Lipinski definition) is 0. The van der Waals surface area contributed by atoms with E-state index in [2.05, 4.69) is 4.98 Å². The van der Waals surface area contributed by atoms with Crippen LogP contribution in [0.25, 0.3) is 0 Å². The number of Topliss-reactive ketones (excluding diaryl/α,β-unsaturated/α-hetero) is 1. The highest BCUT2D eigenvalue weighted by Gasteiger charge is 2.13. The summed E-state index contributed by atoms with van der Waals surface area (Å²) in [6.07, 6.45) is 0.278. The Morgan fingerprint density at radius 3 is 2.88 bits per heavy atom. The zero-order valence-corrected chi connectivity index (χ0v) is 12.0. The summed E-state index contributed by atoms with van der Waals surface area (Å²) >= 11 is 3.44. The lowest BCUT2D eigenvalue weighted by molar-refractivity contribution is 0.0992. The van der Waals surface area contributed by atoms with Crippen LogP contribution in [0.1, 0.15) is 21.1 Å². The van der Waals surface area contributed by atoms with Gasteiger partial charge in [-0.1, -0.05) is 0 Å². The summed E-state index contributed by atoms with van der Waals surface area (Å²) in [5.74, 6) is -0.347. The third-order valence-corrected chi connectivity index (χ3v) is 4.07. The molecule has 0 aliphatic carbocycles. The van der Waals surface area contributed by atoms with E-state index < -0.39 is 0 Å². The Labute approximate surface area is 116 Å². The van der Waals surface area contributed by atoms with Crippen molar-refractivity contribution in [3.05, 3.63) is 49.2 Å². The molecule has 0 amide bonds. The van der Waals surface area contributed by atoms with Gasteiger partial charge < -0.3 is 0 Å². The molecule has 1 aromatic carbocycles. The molecule has 0 saturated carbocycles. The van der Waals surface area contributed by atoms with Gasteiger partial charge in [-0.25, -0.2) is 9.37 Å². The Morgan fingerprint density at radius 1 is 1.53 bits per heavy atom. The first-order valence-electron chi connectivity index (χ1n) is 4.95. The molecule has 2 aromatic rings. The van der Waals surface area contributed by atoms with Gasteiger partial charge in [-0.2, -0.15) is 0 Å². The number of rotatable bonds is 3. The third kappa shape index (κ3) is 3.10. The van der Waals surface area contributed by atoms with Crippen LogP contribution in [0, 0.1) is 16.3 Å². The topological polar surface area (TPSA) is 30.0 Å². The van der Waals surface area contributed by atoms with Gasteiger partial charge in [0.1, 0.15) is 10.8 Å². The van der Waals surface area contributed by atoms with Gasteiger partial charge in [-0.15, -0.1) is 11.3 Å². The second-order valence-corrected chi connectivity index (χ2v) is 5.71. The van der Waals surface area contributed by atoms with E-state index in [1.807, 2.05) is 34.9 Å². The molecule has 0 fully saturated rings. The van der Waals surface area contributed by atoms with Gasteiger partial charge in [0, 0.05) is 20.2 Å². The first-order valence-corrected chi connectivity index (χ1v) is 6.91. The van der Waals surface area contributed by atoms with Gasteiger partial charge in [-0.05, 0) is 47.7 Å². The molecule has 0 bridgehead atoms. The summed E-state index contributed by atoms with van der Waals surface area (Å²) in [7, 11) is 0. The summed E-state index contributed by atoms with van der Waals surface area (Å²) in [6.45, 7) is 1.89. The number of carbonyl (C=O) groups is 1. The van der Waals surface area contributed by atoms with Gasteiger partial charge >= 0.3 is 0 Å². The van der Waals surface area contributed by atoms with Gasteiger partial charge in [0.2, 0.25) is 0 Å². The van der Waals surface area contributed by atoms with E-state index in [1.165, 1.54) is 29.5 Å². The van der Waals surface area contributed by atoms with Crippen molar-refractivity contribution in [3.63, 3.8) is 0 Å². The average Bonchev–Trinajstić information content (AvgIpc) is 2.63. The zero-order valence-electron chi connectivity index (χ0n) is 9.04. The first-order chi connectivity index (χ1) is 8.06. The van der Waals surface area contributed by atoms with Crippen LogP contribution in [0.15, 0.2) is 23.6 Å². The van der Waals surface area contributed by atoms with Gasteiger partial charge in [0.25, 0.3) is 0 Å². The van der Waals surface area contributed by atoms with Crippen LogP contribution >= 0.6 is 33.9 Å². The van der Waals surface area contributed by atoms with Crippen LogP contribution < -0.4 is 0 Å². The quantitative estimate of drug-likeness (QED) is 0.618. The van der Waals surface area contributed by atoms with Gasteiger partial charge in [-0.3, -0.25) is 4.79 Å². The molecule has 1 heterocycles. The number of ketones is 1. The lowest BCUT2D eigenvalue weighted by Crippen LogP contribution is -2.05. The molecule has 5 heteroatoms. The molecular formula is C12H9FINOS. The smallest absolute Gasteiger partial charge is 0.170 e. The van der Waals surface area contributed by atoms with Crippen molar-refractivity contribution in [2.24, 2.45) is 0 Å². The average molecular weight is 361 g/mol. The van der Waals surface area contributed by atoms with E-state index in [4.69, 9.17) is 0 Å². The number of benzene rings is 1. The molecule has 2 rings (SSSR count). The molecule has 2 nitrogen and oxygen atoms in total. The van der Waals surface area contributed by atoms with Crippen molar-refractivity contribution in [1.29, 1.82) is 0 Å². The predicted octanol–water partition coefficient (Wildman–Crippen LogP) is 3.62. The van der Waals surface area contributed by atoms with Crippen molar-refractivity contribution >= 4 is 39.7 Å². The van der Waals surface area contributed by atoms with E-state index in [0.29, 0.717) is 9.13 Å². The summed E-state index contributed by atoms with van der Waals surface area (Å²) in [4.78, 5) is 16.2. The second kappa shape index (κ2) is 5.22. The monoisotopic (exact) mass is 361 g/mol. The standard InChI is InChI=1S/C12H9FINOS/c1-7-6-17-12(15-7)5-11(16)9-3-2-8(13)4-10(9)14/h2-4,6H,5H2,1H3. The minimum absolute atomic E-state index is 0.0243.